The van der Waals surface area contributed by atoms with Crippen LogP contribution < -0.4 is 15.4 Å². The zero-order valence-corrected chi connectivity index (χ0v) is 14.0. The van der Waals surface area contributed by atoms with Crippen LogP contribution in [0.25, 0.3) is 10.9 Å². The van der Waals surface area contributed by atoms with Gasteiger partial charge in [0.1, 0.15) is 5.75 Å². The molecule has 1 aromatic carbocycles. The number of hydrogen-bond acceptors (Lipinski definition) is 4. The van der Waals surface area contributed by atoms with Gasteiger partial charge in [-0.05, 0) is 50.1 Å². The number of nitrogens with zero attached hydrogens (tertiary/aromatic N) is 1. The molecule has 1 saturated heterocycles. The summed E-state index contributed by atoms with van der Waals surface area (Å²) in [5.41, 5.74) is 1.58. The first kappa shape index (κ1) is 15.4. The highest BCUT2D eigenvalue weighted by Gasteiger charge is 2.45. The third-order valence-electron chi connectivity index (χ3n) is 5.57. The minimum atomic E-state index is -0.0179. The topological polar surface area (TPSA) is 63.2 Å². The zero-order chi connectivity index (χ0) is 16.6. The van der Waals surface area contributed by atoms with Crippen LogP contribution in [-0.2, 0) is 0 Å². The van der Waals surface area contributed by atoms with Crippen LogP contribution in [0.3, 0.4) is 0 Å². The van der Waals surface area contributed by atoms with Crippen LogP contribution in [-0.4, -0.2) is 36.1 Å². The smallest absolute Gasteiger partial charge is 0.252 e. The first-order valence-corrected chi connectivity index (χ1v) is 8.70. The molecule has 2 N–H and O–H groups in total. The number of nitrogens with one attached hydrogen (secondary N) is 2. The van der Waals surface area contributed by atoms with Crippen LogP contribution >= 0.6 is 0 Å². The second-order valence-corrected chi connectivity index (χ2v) is 6.85. The van der Waals surface area contributed by atoms with Gasteiger partial charge in [0.25, 0.3) is 5.91 Å². The molecule has 0 bridgehead atoms. The molecule has 1 aliphatic heterocycles. The summed E-state index contributed by atoms with van der Waals surface area (Å²) in [7, 11) is 1.63. The monoisotopic (exact) mass is 325 g/mol. The Morgan fingerprint density at radius 2 is 2.17 bits per heavy atom. The van der Waals surface area contributed by atoms with E-state index in [1.807, 2.05) is 18.2 Å². The largest absolute Gasteiger partial charge is 0.497 e. The second-order valence-electron chi connectivity index (χ2n) is 6.85. The van der Waals surface area contributed by atoms with Crippen LogP contribution in [0.5, 0.6) is 5.75 Å². The van der Waals surface area contributed by atoms with Gasteiger partial charge >= 0.3 is 0 Å². The minimum Gasteiger partial charge on any atom is -0.497 e. The van der Waals surface area contributed by atoms with Crippen LogP contribution in [0.1, 0.15) is 42.5 Å². The first-order chi connectivity index (χ1) is 11.7. The third-order valence-corrected chi connectivity index (χ3v) is 5.57. The van der Waals surface area contributed by atoms with E-state index in [2.05, 4.69) is 15.6 Å². The summed E-state index contributed by atoms with van der Waals surface area (Å²) >= 11 is 0. The summed E-state index contributed by atoms with van der Waals surface area (Å²) in [5, 5.41) is 7.77. The van der Waals surface area contributed by atoms with Gasteiger partial charge in [-0.2, -0.15) is 0 Å². The van der Waals surface area contributed by atoms with Crippen molar-refractivity contribution in [2.75, 3.05) is 13.7 Å². The van der Waals surface area contributed by atoms with Gasteiger partial charge in [0.2, 0.25) is 0 Å². The summed E-state index contributed by atoms with van der Waals surface area (Å²) in [4.78, 5) is 17.3. The fourth-order valence-corrected chi connectivity index (χ4v) is 4.29. The second kappa shape index (κ2) is 6.06. The zero-order valence-electron chi connectivity index (χ0n) is 14.0. The lowest BCUT2D eigenvalue weighted by molar-refractivity contribution is 0.0920. The highest BCUT2D eigenvalue weighted by atomic mass is 16.5. The van der Waals surface area contributed by atoms with E-state index in [0.717, 1.165) is 42.5 Å². The molecule has 4 rings (SSSR count). The maximum Gasteiger partial charge on any atom is 0.252 e. The number of rotatable bonds is 3. The molecule has 2 aliphatic rings. The molecular formula is C19H23N3O2. The van der Waals surface area contributed by atoms with E-state index in [9.17, 15) is 4.79 Å². The molecule has 5 nitrogen and oxygen atoms in total. The van der Waals surface area contributed by atoms with Crippen molar-refractivity contribution in [1.82, 2.24) is 15.6 Å². The molecule has 5 heteroatoms. The van der Waals surface area contributed by atoms with Crippen LogP contribution in [0.15, 0.2) is 30.5 Å². The number of carbonyl (C=O) groups is 1. The Balaban J connectivity index is 1.63. The van der Waals surface area contributed by atoms with Crippen molar-refractivity contribution < 1.29 is 9.53 Å². The maximum atomic E-state index is 12.9. The average molecular weight is 325 g/mol. The SMILES string of the molecule is COc1ccc2nccc(C(=O)NC3CCNC34CCCC4)c2c1. The molecule has 1 saturated carbocycles. The van der Waals surface area contributed by atoms with Gasteiger partial charge in [0, 0.05) is 23.2 Å². The molecule has 1 amide bonds. The van der Waals surface area contributed by atoms with E-state index in [-0.39, 0.29) is 17.5 Å². The Morgan fingerprint density at radius 3 is 2.96 bits per heavy atom. The molecule has 1 spiro atoms. The summed E-state index contributed by atoms with van der Waals surface area (Å²) in [6.45, 7) is 0.982. The van der Waals surface area contributed by atoms with Gasteiger partial charge in [-0.25, -0.2) is 0 Å². The number of pyridine rings is 1. The molecule has 0 radical (unpaired) electrons. The molecule has 1 aromatic heterocycles. The quantitative estimate of drug-likeness (QED) is 0.911. The van der Waals surface area contributed by atoms with Crippen molar-refractivity contribution in [3.63, 3.8) is 0 Å². The third kappa shape index (κ3) is 2.53. The summed E-state index contributed by atoms with van der Waals surface area (Å²) in [5.74, 6) is 0.718. The lowest BCUT2D eigenvalue weighted by Gasteiger charge is -2.32. The van der Waals surface area contributed by atoms with E-state index in [0.29, 0.717) is 5.56 Å². The Hall–Kier alpha value is -2.14. The lowest BCUT2D eigenvalue weighted by Crippen LogP contribution is -2.53. The van der Waals surface area contributed by atoms with Crippen LogP contribution in [0.4, 0.5) is 0 Å². The number of carbonyl (C=O) groups excluding carboxylic acids is 1. The summed E-state index contributed by atoms with van der Waals surface area (Å²) < 4.78 is 5.30. The predicted molar refractivity (Wildman–Crippen MR) is 93.4 cm³/mol. The molecule has 2 fully saturated rings. The number of amides is 1. The number of benzene rings is 1. The van der Waals surface area contributed by atoms with Gasteiger partial charge in [0.05, 0.1) is 18.2 Å². The highest BCUT2D eigenvalue weighted by Crippen LogP contribution is 2.37. The molecule has 24 heavy (non-hydrogen) atoms. The number of ether oxygens (including phenoxy) is 1. The number of fused-ring (bicyclic) bond motifs is 1. The molecule has 1 atom stereocenters. The standard InChI is InChI=1S/C19H23N3O2/c1-24-13-4-5-16-15(12-13)14(6-10-20-16)18(23)22-17-7-11-21-19(17)8-2-3-9-19/h4-6,10,12,17,21H,2-3,7-9,11H2,1H3,(H,22,23). The average Bonchev–Trinajstić information content (AvgIpc) is 3.24. The summed E-state index contributed by atoms with van der Waals surface area (Å²) in [6, 6.07) is 7.64. The van der Waals surface area contributed by atoms with Crippen molar-refractivity contribution in [2.24, 2.45) is 0 Å². The fourth-order valence-electron chi connectivity index (χ4n) is 4.29. The van der Waals surface area contributed by atoms with Crippen molar-refractivity contribution in [1.29, 1.82) is 0 Å². The van der Waals surface area contributed by atoms with Crippen molar-refractivity contribution in [3.8, 4) is 5.75 Å². The molecule has 126 valence electrons. The van der Waals surface area contributed by atoms with Gasteiger partial charge in [-0.3, -0.25) is 9.78 Å². The molecular weight excluding hydrogens is 302 g/mol. The Bertz CT molecular complexity index is 763. The first-order valence-electron chi connectivity index (χ1n) is 8.70. The van der Waals surface area contributed by atoms with Crippen LogP contribution in [0, 0.1) is 0 Å². The number of hydrogen-bond donors (Lipinski definition) is 2. The highest BCUT2D eigenvalue weighted by molar-refractivity contribution is 6.06. The predicted octanol–water partition coefficient (Wildman–Crippen LogP) is 2.65. The Kier molecular flexibility index (Phi) is 3.88. The molecule has 1 aliphatic carbocycles. The molecule has 1 unspecified atom stereocenters. The Morgan fingerprint density at radius 1 is 1.33 bits per heavy atom. The van der Waals surface area contributed by atoms with Crippen LogP contribution in [0.2, 0.25) is 0 Å². The Labute approximate surface area is 141 Å². The van der Waals surface area contributed by atoms with E-state index in [1.54, 1.807) is 19.4 Å². The van der Waals surface area contributed by atoms with E-state index in [1.165, 1.54) is 12.8 Å². The van der Waals surface area contributed by atoms with Gasteiger partial charge in [0.15, 0.2) is 0 Å². The number of aromatic nitrogens is 1. The van der Waals surface area contributed by atoms with E-state index in [4.69, 9.17) is 4.74 Å². The minimum absolute atomic E-state index is 0.0179. The van der Waals surface area contributed by atoms with E-state index >= 15 is 0 Å². The summed E-state index contributed by atoms with van der Waals surface area (Å²) in [6.07, 6.45) is 7.50. The van der Waals surface area contributed by atoms with E-state index < -0.39 is 0 Å². The molecule has 2 heterocycles. The molecule has 2 aromatic rings. The lowest BCUT2D eigenvalue weighted by atomic mass is 9.90. The number of methoxy groups -OCH3 is 1. The van der Waals surface area contributed by atoms with Crippen molar-refractivity contribution in [3.05, 3.63) is 36.0 Å². The van der Waals surface area contributed by atoms with Crippen molar-refractivity contribution in [2.45, 2.75) is 43.7 Å². The fraction of sp³-hybridized carbons (Fsp3) is 0.474. The van der Waals surface area contributed by atoms with Crippen molar-refractivity contribution >= 4 is 16.8 Å². The van der Waals surface area contributed by atoms with Gasteiger partial charge in [-0.15, -0.1) is 0 Å². The maximum absolute atomic E-state index is 12.9. The van der Waals surface area contributed by atoms with Gasteiger partial charge in [-0.1, -0.05) is 12.8 Å². The van der Waals surface area contributed by atoms with Gasteiger partial charge < -0.3 is 15.4 Å². The normalized spacial score (nSPS) is 22.1.